The van der Waals surface area contributed by atoms with E-state index in [1.54, 1.807) is 5.31 Å². The van der Waals surface area contributed by atoms with Crippen molar-refractivity contribution in [3.8, 4) is 0 Å². The fourth-order valence-corrected chi connectivity index (χ4v) is 17.5. The van der Waals surface area contributed by atoms with Crippen LogP contribution in [0.25, 0.3) is 0 Å². The summed E-state index contributed by atoms with van der Waals surface area (Å²) in [6, 6.07) is 19.0. The second-order valence-corrected chi connectivity index (χ2v) is 19.1. The standard InChI is InChI=1S/C28H38IOP/c1-5-23-9-13-25(14-10-23)31(29-21-8-22-30,26-15-11-24(6-2)12-16-26)27-17-19-28(4,7-3)20-18-27/h9-19,30H,5-8,20-22H2,1-4H3. The van der Waals surface area contributed by atoms with Crippen molar-refractivity contribution in [3.05, 3.63) is 83.2 Å². The van der Waals surface area contributed by atoms with E-state index in [1.807, 2.05) is 0 Å². The van der Waals surface area contributed by atoms with Crippen LogP contribution >= 0.6 is 4.90 Å². The summed E-state index contributed by atoms with van der Waals surface area (Å²) in [4.78, 5) is -1.66. The Hall–Kier alpha value is -0.960. The number of aryl methyl sites for hydroxylation is 2. The van der Waals surface area contributed by atoms with E-state index in [1.165, 1.54) is 28.2 Å². The van der Waals surface area contributed by atoms with E-state index in [0.717, 1.165) is 30.1 Å². The number of aliphatic hydroxyl groups is 1. The van der Waals surface area contributed by atoms with E-state index < -0.39 is 4.90 Å². The predicted molar refractivity (Wildman–Crippen MR) is 135 cm³/mol. The van der Waals surface area contributed by atoms with Crippen molar-refractivity contribution in [1.82, 2.24) is 0 Å². The number of alkyl halides is 1. The number of halogens is 1. The minimum absolute atomic E-state index is 0.150. The number of hydrogen-bond acceptors (Lipinski definition) is 1. The molecule has 1 aliphatic carbocycles. The summed E-state index contributed by atoms with van der Waals surface area (Å²) in [5, 5.41) is 14.2. The maximum atomic E-state index is 9.55. The fraction of sp³-hybridized carbons (Fsp3) is 0.429. The van der Waals surface area contributed by atoms with Gasteiger partial charge in [0, 0.05) is 0 Å². The molecule has 0 heterocycles. The van der Waals surface area contributed by atoms with Crippen LogP contribution in [0, 0.1) is 5.41 Å². The van der Waals surface area contributed by atoms with Crippen LogP contribution in [-0.2, 0) is 12.8 Å². The van der Waals surface area contributed by atoms with E-state index in [-0.39, 0.29) is 26.1 Å². The molecule has 1 unspecified atom stereocenters. The maximum absolute atomic E-state index is 9.55. The summed E-state index contributed by atoms with van der Waals surface area (Å²) in [5.74, 6) is 0. The zero-order valence-corrected chi connectivity index (χ0v) is 22.6. The molecule has 1 atom stereocenters. The molecule has 0 saturated heterocycles. The van der Waals surface area contributed by atoms with Crippen LogP contribution in [-0.4, -0.2) is 16.1 Å². The zero-order valence-electron chi connectivity index (χ0n) is 19.6. The van der Waals surface area contributed by atoms with Crippen LogP contribution in [0.2, 0.25) is 0 Å². The quantitative estimate of drug-likeness (QED) is 0.209. The molecule has 1 nitrogen and oxygen atoms in total. The van der Waals surface area contributed by atoms with Crippen LogP contribution in [0.15, 0.2) is 72.1 Å². The molecule has 0 saturated carbocycles. The molecule has 0 amide bonds. The summed E-state index contributed by atoms with van der Waals surface area (Å²) in [5.41, 5.74) is 3.09. The molecule has 0 aromatic heterocycles. The molecular formula is C28H38IOP. The van der Waals surface area contributed by atoms with Crippen LogP contribution in [0.4, 0.5) is 0 Å². The molecule has 0 bridgehead atoms. The van der Waals surface area contributed by atoms with Crippen molar-refractivity contribution in [3.63, 3.8) is 0 Å². The van der Waals surface area contributed by atoms with Crippen molar-refractivity contribution in [2.24, 2.45) is 5.41 Å². The number of hydrogen-bond donors (Lipinski definition) is 1. The van der Waals surface area contributed by atoms with Gasteiger partial charge in [0.25, 0.3) is 0 Å². The monoisotopic (exact) mass is 548 g/mol. The average Bonchev–Trinajstić information content (AvgIpc) is 2.83. The summed E-state index contributed by atoms with van der Waals surface area (Å²) < 4.78 is 1.16. The SMILES string of the molecule is CCc1ccc([P+]([I-]CCCO)(C2=CCC(C)(CC)C=C2)c2ccc(CC)cc2)cc1. The van der Waals surface area contributed by atoms with Gasteiger partial charge in [0.1, 0.15) is 0 Å². The van der Waals surface area contributed by atoms with E-state index >= 15 is 0 Å². The van der Waals surface area contributed by atoms with E-state index in [9.17, 15) is 5.11 Å². The Labute approximate surface area is 200 Å². The van der Waals surface area contributed by atoms with Gasteiger partial charge in [-0.2, -0.15) is 0 Å². The van der Waals surface area contributed by atoms with E-state index in [2.05, 4.69) is 94.5 Å². The summed E-state index contributed by atoms with van der Waals surface area (Å²) in [6.45, 7) is 9.43. The molecule has 1 aliphatic rings. The van der Waals surface area contributed by atoms with Crippen molar-refractivity contribution in [1.29, 1.82) is 0 Å². The van der Waals surface area contributed by atoms with E-state index in [4.69, 9.17) is 0 Å². The second-order valence-electron chi connectivity index (χ2n) is 8.69. The Kier molecular flexibility index (Phi) is 8.96. The Morgan fingerprint density at radius 1 is 0.903 bits per heavy atom. The predicted octanol–water partition coefficient (Wildman–Crippen LogP) is 3.43. The van der Waals surface area contributed by atoms with Gasteiger partial charge in [-0.05, 0) is 0 Å². The van der Waals surface area contributed by atoms with E-state index in [0.29, 0.717) is 6.61 Å². The molecule has 0 spiro atoms. The molecule has 2 aromatic carbocycles. The van der Waals surface area contributed by atoms with Gasteiger partial charge in [-0.1, -0.05) is 0 Å². The summed E-state index contributed by atoms with van der Waals surface area (Å²) in [6.07, 6.45) is 12.9. The topological polar surface area (TPSA) is 20.2 Å². The third-order valence-corrected chi connectivity index (χ3v) is 20.4. The first-order chi connectivity index (χ1) is 15.0. The minimum atomic E-state index is -1.66. The molecule has 3 rings (SSSR count). The Bertz CT molecular complexity index is 850. The first kappa shape index (κ1) is 24.7. The van der Waals surface area contributed by atoms with Gasteiger partial charge in [0.05, 0.1) is 0 Å². The zero-order chi connectivity index (χ0) is 22.3. The normalized spacial score (nSPS) is 18.9. The number of aliphatic hydroxyl groups excluding tert-OH is 1. The van der Waals surface area contributed by atoms with Gasteiger partial charge in [-0.3, -0.25) is 0 Å². The van der Waals surface area contributed by atoms with Crippen molar-refractivity contribution in [2.45, 2.75) is 59.8 Å². The van der Waals surface area contributed by atoms with Crippen LogP contribution in [0.5, 0.6) is 0 Å². The Morgan fingerprint density at radius 3 is 1.84 bits per heavy atom. The molecule has 2 aromatic rings. The molecule has 0 aliphatic heterocycles. The number of allylic oxidation sites excluding steroid dienone is 4. The third-order valence-electron chi connectivity index (χ3n) is 6.55. The molecule has 3 heteroatoms. The van der Waals surface area contributed by atoms with Gasteiger partial charge in [0.15, 0.2) is 0 Å². The summed E-state index contributed by atoms with van der Waals surface area (Å²) >= 11 is -0.150. The van der Waals surface area contributed by atoms with Crippen LogP contribution in [0.1, 0.15) is 58.1 Å². The molecule has 31 heavy (non-hydrogen) atoms. The van der Waals surface area contributed by atoms with Crippen molar-refractivity contribution >= 4 is 15.5 Å². The van der Waals surface area contributed by atoms with Gasteiger partial charge in [0.2, 0.25) is 0 Å². The fourth-order valence-electron chi connectivity index (χ4n) is 4.03. The molecule has 1 N–H and O–H groups in total. The van der Waals surface area contributed by atoms with Gasteiger partial charge in [-0.15, -0.1) is 0 Å². The average molecular weight is 548 g/mol. The first-order valence-corrected chi connectivity index (χ1v) is 17.8. The van der Waals surface area contributed by atoms with Crippen LogP contribution < -0.4 is 31.3 Å². The van der Waals surface area contributed by atoms with Crippen molar-refractivity contribution < 1.29 is 25.8 Å². The van der Waals surface area contributed by atoms with Crippen LogP contribution in [0.3, 0.4) is 0 Å². The Balaban J connectivity index is 2.17. The molecular weight excluding hydrogens is 510 g/mol. The summed E-state index contributed by atoms with van der Waals surface area (Å²) in [7, 11) is 0. The van der Waals surface area contributed by atoms with Gasteiger partial charge < -0.3 is 0 Å². The number of rotatable bonds is 10. The number of benzene rings is 2. The first-order valence-electron chi connectivity index (χ1n) is 11.7. The molecule has 0 radical (unpaired) electrons. The van der Waals surface area contributed by atoms with Crippen molar-refractivity contribution in [2.75, 3.05) is 11.0 Å². The molecule has 168 valence electrons. The third kappa shape index (κ3) is 5.52. The second kappa shape index (κ2) is 11.3. The molecule has 0 fully saturated rings. The van der Waals surface area contributed by atoms with Gasteiger partial charge >= 0.3 is 201 Å². The van der Waals surface area contributed by atoms with Gasteiger partial charge in [-0.25, -0.2) is 0 Å². The Morgan fingerprint density at radius 2 is 1.45 bits per heavy atom.